The number of benzene rings is 1. The van der Waals surface area contributed by atoms with Crippen LogP contribution in [-0.2, 0) is 5.67 Å². The Bertz CT molecular complexity index is 643. The van der Waals surface area contributed by atoms with Gasteiger partial charge in [0, 0.05) is 11.6 Å². The fraction of sp³-hybridized carbons (Fsp3) is 0.286. The van der Waals surface area contributed by atoms with E-state index >= 15 is 0 Å². The molecule has 0 saturated heterocycles. The Balaban J connectivity index is 2.55. The predicted octanol–water partition coefficient (Wildman–Crippen LogP) is 3.25. The predicted molar refractivity (Wildman–Crippen MR) is 69.6 cm³/mol. The molecule has 0 unspecified atom stereocenters. The molecule has 1 aromatic carbocycles. The largest absolute Gasteiger partial charge is 0.496 e. The van der Waals surface area contributed by atoms with Crippen molar-refractivity contribution in [3.8, 4) is 17.0 Å². The molecule has 0 amide bonds. The van der Waals surface area contributed by atoms with Crippen LogP contribution in [0.25, 0.3) is 11.3 Å². The van der Waals surface area contributed by atoms with Crippen molar-refractivity contribution in [2.24, 2.45) is 0 Å². The van der Waals surface area contributed by atoms with Gasteiger partial charge in [-0.15, -0.1) is 0 Å². The SMILES string of the molecule is COc1ccc(C(C)(C)F)cc1-c1cc(C(=O)O)on1. The molecule has 20 heavy (non-hydrogen) atoms. The molecule has 1 N–H and O–H groups in total. The van der Waals surface area contributed by atoms with Gasteiger partial charge in [-0.05, 0) is 31.5 Å². The molecule has 1 aromatic heterocycles. The van der Waals surface area contributed by atoms with Gasteiger partial charge < -0.3 is 14.4 Å². The number of halogens is 1. The third kappa shape index (κ3) is 2.64. The van der Waals surface area contributed by atoms with Crippen molar-refractivity contribution in [3.63, 3.8) is 0 Å². The second kappa shape index (κ2) is 4.96. The number of alkyl halides is 1. The van der Waals surface area contributed by atoms with Gasteiger partial charge >= 0.3 is 5.97 Å². The summed E-state index contributed by atoms with van der Waals surface area (Å²) in [5, 5.41) is 12.5. The van der Waals surface area contributed by atoms with Crippen molar-refractivity contribution in [2.75, 3.05) is 7.11 Å². The van der Waals surface area contributed by atoms with Crippen molar-refractivity contribution in [1.82, 2.24) is 5.16 Å². The summed E-state index contributed by atoms with van der Waals surface area (Å²) in [6.45, 7) is 2.87. The summed E-state index contributed by atoms with van der Waals surface area (Å²) in [6, 6.07) is 6.07. The molecule has 106 valence electrons. The van der Waals surface area contributed by atoms with Gasteiger partial charge in [-0.3, -0.25) is 0 Å². The first-order valence-corrected chi connectivity index (χ1v) is 5.90. The van der Waals surface area contributed by atoms with Gasteiger partial charge in [0.15, 0.2) is 0 Å². The molecule has 0 bridgehead atoms. The van der Waals surface area contributed by atoms with E-state index in [0.29, 0.717) is 16.9 Å². The van der Waals surface area contributed by atoms with Crippen molar-refractivity contribution >= 4 is 5.97 Å². The number of carboxylic acid groups (broad SMARTS) is 1. The van der Waals surface area contributed by atoms with Crippen LogP contribution in [0, 0.1) is 0 Å². The number of nitrogens with zero attached hydrogens (tertiary/aromatic N) is 1. The van der Waals surface area contributed by atoms with Gasteiger partial charge in [-0.1, -0.05) is 11.2 Å². The van der Waals surface area contributed by atoms with E-state index in [1.807, 2.05) is 0 Å². The highest BCUT2D eigenvalue weighted by Gasteiger charge is 2.22. The first-order valence-electron chi connectivity index (χ1n) is 5.90. The number of hydrogen-bond acceptors (Lipinski definition) is 4. The maximum Gasteiger partial charge on any atom is 0.374 e. The Morgan fingerprint density at radius 2 is 2.10 bits per heavy atom. The van der Waals surface area contributed by atoms with Crippen LogP contribution in [-0.4, -0.2) is 23.3 Å². The van der Waals surface area contributed by atoms with E-state index in [-0.39, 0.29) is 11.5 Å². The van der Waals surface area contributed by atoms with Gasteiger partial charge in [0.05, 0.1) is 7.11 Å². The minimum absolute atomic E-state index is 0.283. The van der Waals surface area contributed by atoms with Crippen LogP contribution in [0.1, 0.15) is 30.0 Å². The number of rotatable bonds is 4. The summed E-state index contributed by atoms with van der Waals surface area (Å²) in [5.41, 5.74) is -0.328. The third-order valence-electron chi connectivity index (χ3n) is 2.88. The third-order valence-corrected chi connectivity index (χ3v) is 2.88. The maximum atomic E-state index is 14.0. The van der Waals surface area contributed by atoms with Crippen LogP contribution in [0.15, 0.2) is 28.8 Å². The fourth-order valence-electron chi connectivity index (χ4n) is 1.78. The molecule has 0 aliphatic rings. The molecular weight excluding hydrogens is 265 g/mol. The lowest BCUT2D eigenvalue weighted by atomic mass is 9.96. The zero-order chi connectivity index (χ0) is 14.9. The lowest BCUT2D eigenvalue weighted by Crippen LogP contribution is -2.09. The molecule has 1 heterocycles. The van der Waals surface area contributed by atoms with Crippen LogP contribution >= 0.6 is 0 Å². The van der Waals surface area contributed by atoms with Gasteiger partial charge in [-0.25, -0.2) is 9.18 Å². The summed E-state index contributed by atoms with van der Waals surface area (Å²) >= 11 is 0. The zero-order valence-electron chi connectivity index (χ0n) is 11.3. The molecule has 0 radical (unpaired) electrons. The Hall–Kier alpha value is -2.37. The molecule has 2 aromatic rings. The number of methoxy groups -OCH3 is 1. The van der Waals surface area contributed by atoms with Crippen LogP contribution in [0.2, 0.25) is 0 Å². The highest BCUT2D eigenvalue weighted by molar-refractivity contribution is 5.86. The number of carbonyl (C=O) groups is 1. The Labute approximate surface area is 115 Å². The molecule has 0 spiro atoms. The summed E-state index contributed by atoms with van der Waals surface area (Å²) in [6.07, 6.45) is 0. The molecule has 5 nitrogen and oxygen atoms in total. The number of hydrogen-bond donors (Lipinski definition) is 1. The molecule has 0 fully saturated rings. The minimum atomic E-state index is -1.53. The second-order valence-electron chi connectivity index (χ2n) is 4.77. The van der Waals surface area contributed by atoms with E-state index in [4.69, 9.17) is 14.4 Å². The zero-order valence-corrected chi connectivity index (χ0v) is 11.3. The smallest absolute Gasteiger partial charge is 0.374 e. The van der Waals surface area contributed by atoms with Crippen molar-refractivity contribution < 1.29 is 23.6 Å². The van der Waals surface area contributed by atoms with Crippen LogP contribution in [0.4, 0.5) is 4.39 Å². The highest BCUT2D eigenvalue weighted by Crippen LogP contribution is 2.35. The first-order chi connectivity index (χ1) is 9.32. The summed E-state index contributed by atoms with van der Waals surface area (Å²) < 4.78 is 23.9. The Kier molecular flexibility index (Phi) is 3.48. The summed E-state index contributed by atoms with van der Waals surface area (Å²) in [5.74, 6) is -1.04. The normalized spacial score (nSPS) is 11.4. The Morgan fingerprint density at radius 3 is 2.60 bits per heavy atom. The fourth-order valence-corrected chi connectivity index (χ4v) is 1.78. The molecule has 0 aliphatic heterocycles. The highest BCUT2D eigenvalue weighted by atomic mass is 19.1. The molecule has 0 saturated carbocycles. The van der Waals surface area contributed by atoms with Gasteiger partial charge in [0.2, 0.25) is 5.76 Å². The molecular formula is C14H14FNO4. The molecule has 0 aliphatic carbocycles. The number of aromatic nitrogens is 1. The average molecular weight is 279 g/mol. The number of ether oxygens (including phenoxy) is 1. The monoisotopic (exact) mass is 279 g/mol. The number of carboxylic acids is 1. The van der Waals surface area contributed by atoms with Crippen LogP contribution < -0.4 is 4.74 Å². The first kappa shape index (κ1) is 14.0. The van der Waals surface area contributed by atoms with Crippen molar-refractivity contribution in [2.45, 2.75) is 19.5 Å². The van der Waals surface area contributed by atoms with E-state index in [9.17, 15) is 9.18 Å². The quantitative estimate of drug-likeness (QED) is 0.930. The van der Waals surface area contributed by atoms with E-state index in [2.05, 4.69) is 5.16 Å². The van der Waals surface area contributed by atoms with Crippen LogP contribution in [0.3, 0.4) is 0 Å². The molecule has 2 rings (SSSR count). The lowest BCUT2D eigenvalue weighted by molar-refractivity contribution is 0.0652. The van der Waals surface area contributed by atoms with Gasteiger partial charge in [0.25, 0.3) is 0 Å². The lowest BCUT2D eigenvalue weighted by Gasteiger charge is -2.16. The summed E-state index contributed by atoms with van der Waals surface area (Å²) in [4.78, 5) is 10.8. The van der Waals surface area contributed by atoms with E-state index in [1.165, 1.54) is 27.0 Å². The van der Waals surface area contributed by atoms with Gasteiger partial charge in [-0.2, -0.15) is 0 Å². The van der Waals surface area contributed by atoms with Gasteiger partial charge in [0.1, 0.15) is 17.1 Å². The van der Waals surface area contributed by atoms with E-state index < -0.39 is 11.6 Å². The topological polar surface area (TPSA) is 72.6 Å². The maximum absolute atomic E-state index is 14.0. The average Bonchev–Trinajstić information content (AvgIpc) is 2.86. The van der Waals surface area contributed by atoms with E-state index in [1.54, 1.807) is 18.2 Å². The summed E-state index contributed by atoms with van der Waals surface area (Å²) in [7, 11) is 1.47. The molecule has 6 heteroatoms. The number of aromatic carboxylic acids is 1. The van der Waals surface area contributed by atoms with Crippen LogP contribution in [0.5, 0.6) is 5.75 Å². The van der Waals surface area contributed by atoms with E-state index in [0.717, 1.165) is 0 Å². The molecule has 0 atom stereocenters. The second-order valence-corrected chi connectivity index (χ2v) is 4.77. The standard InChI is InChI=1S/C14H14FNO4/c1-14(2,15)8-4-5-11(19-3)9(6-8)10-7-12(13(17)18)20-16-10/h4-7H,1-3H3,(H,17,18). The van der Waals surface area contributed by atoms with Crippen molar-refractivity contribution in [3.05, 3.63) is 35.6 Å². The van der Waals surface area contributed by atoms with Crippen molar-refractivity contribution in [1.29, 1.82) is 0 Å². The minimum Gasteiger partial charge on any atom is -0.496 e. The Morgan fingerprint density at radius 1 is 1.40 bits per heavy atom.